The molecule has 3 heterocycles. The van der Waals surface area contributed by atoms with Crippen molar-refractivity contribution in [2.75, 3.05) is 22.1 Å². The van der Waals surface area contributed by atoms with E-state index in [4.69, 9.17) is 16.0 Å². The van der Waals surface area contributed by atoms with Crippen molar-refractivity contribution in [2.45, 2.75) is 11.4 Å². The average molecular weight is 468 g/mol. The summed E-state index contributed by atoms with van der Waals surface area (Å²) in [7, 11) is 0. The number of nitrogens with zero attached hydrogens (tertiary/aromatic N) is 2. The predicted molar refractivity (Wildman–Crippen MR) is 122 cm³/mol. The number of hydrogen-bond donors (Lipinski definition) is 1. The number of amides is 3. The Morgan fingerprint density at radius 2 is 1.97 bits per heavy atom. The number of benzene rings is 2. The van der Waals surface area contributed by atoms with Gasteiger partial charge in [0.25, 0.3) is 5.91 Å². The summed E-state index contributed by atoms with van der Waals surface area (Å²) in [5, 5.41) is 3.24. The van der Waals surface area contributed by atoms with Crippen LogP contribution in [0.15, 0.2) is 71.3 Å². The van der Waals surface area contributed by atoms with E-state index < -0.39 is 4.87 Å². The molecule has 0 bridgehead atoms. The molecular formula is C23H18ClN3O4S. The van der Waals surface area contributed by atoms with Gasteiger partial charge in [-0.15, -0.1) is 11.8 Å². The Kier molecular flexibility index (Phi) is 5.19. The van der Waals surface area contributed by atoms with Gasteiger partial charge in [-0.25, -0.2) is 0 Å². The van der Waals surface area contributed by atoms with Crippen LogP contribution in [-0.2, 0) is 25.8 Å². The van der Waals surface area contributed by atoms with Gasteiger partial charge in [0.2, 0.25) is 16.7 Å². The van der Waals surface area contributed by atoms with E-state index in [2.05, 4.69) is 5.32 Å². The van der Waals surface area contributed by atoms with Crippen molar-refractivity contribution in [2.24, 2.45) is 0 Å². The Balaban J connectivity index is 1.49. The molecule has 1 spiro atoms. The molecule has 1 fully saturated rings. The summed E-state index contributed by atoms with van der Waals surface area (Å²) in [5.41, 5.74) is 1.83. The Hall–Kier alpha value is -3.23. The third kappa shape index (κ3) is 3.27. The standard InChI is InChI=1S/C23H18ClN3O4S/c24-15-5-3-6-16(11-15)27-21(29)14-32-23(27)18-8-1-2-9-19(18)26(22(23)30)13-20(28)25-12-17-7-4-10-31-17/h1-11H,12-14H2,(H,25,28)/t23-/m1/s1. The first-order valence-corrected chi connectivity index (χ1v) is 11.3. The minimum Gasteiger partial charge on any atom is -0.467 e. The fourth-order valence-corrected chi connectivity index (χ4v) is 5.67. The van der Waals surface area contributed by atoms with E-state index >= 15 is 0 Å². The van der Waals surface area contributed by atoms with Gasteiger partial charge < -0.3 is 9.73 Å². The highest BCUT2D eigenvalue weighted by Gasteiger charge is 2.61. The summed E-state index contributed by atoms with van der Waals surface area (Å²) < 4.78 is 5.24. The van der Waals surface area contributed by atoms with Crippen LogP contribution in [0, 0.1) is 0 Å². The van der Waals surface area contributed by atoms with Gasteiger partial charge in [-0.2, -0.15) is 0 Å². The zero-order chi connectivity index (χ0) is 22.3. The van der Waals surface area contributed by atoms with Crippen molar-refractivity contribution in [1.82, 2.24) is 5.32 Å². The molecule has 32 heavy (non-hydrogen) atoms. The molecule has 0 radical (unpaired) electrons. The average Bonchev–Trinajstić information content (AvgIpc) is 3.48. The lowest BCUT2D eigenvalue weighted by Crippen LogP contribution is -2.51. The van der Waals surface area contributed by atoms with Crippen molar-refractivity contribution in [1.29, 1.82) is 0 Å². The summed E-state index contributed by atoms with van der Waals surface area (Å²) >= 11 is 7.43. The van der Waals surface area contributed by atoms with E-state index in [1.807, 2.05) is 18.2 Å². The smallest absolute Gasteiger partial charge is 0.269 e. The second-order valence-electron chi connectivity index (χ2n) is 7.41. The van der Waals surface area contributed by atoms with Crippen molar-refractivity contribution in [3.63, 3.8) is 0 Å². The number of nitrogens with one attached hydrogen (secondary N) is 1. The maximum absolute atomic E-state index is 13.8. The lowest BCUT2D eigenvalue weighted by atomic mass is 10.0. The Bertz CT molecular complexity index is 1220. The Morgan fingerprint density at radius 3 is 2.75 bits per heavy atom. The van der Waals surface area contributed by atoms with Crippen LogP contribution in [0.25, 0.3) is 0 Å². The van der Waals surface area contributed by atoms with E-state index in [1.54, 1.807) is 42.5 Å². The molecule has 0 saturated carbocycles. The Morgan fingerprint density at radius 1 is 1.12 bits per heavy atom. The summed E-state index contributed by atoms with van der Waals surface area (Å²) in [6.45, 7) is 0.0545. The number of hydrogen-bond acceptors (Lipinski definition) is 5. The van der Waals surface area contributed by atoms with Gasteiger partial charge in [-0.1, -0.05) is 35.9 Å². The molecular weight excluding hydrogens is 450 g/mol. The van der Waals surface area contributed by atoms with Crippen LogP contribution in [0.1, 0.15) is 11.3 Å². The fourth-order valence-electron chi connectivity index (χ4n) is 4.13. The number of halogens is 1. The van der Waals surface area contributed by atoms with Crippen molar-refractivity contribution in [3.8, 4) is 0 Å². The normalized spacial score (nSPS) is 19.7. The lowest BCUT2D eigenvalue weighted by molar-refractivity contribution is -0.125. The number of furan rings is 1. The van der Waals surface area contributed by atoms with Gasteiger partial charge in [0.05, 0.1) is 24.2 Å². The molecule has 2 aliphatic rings. The van der Waals surface area contributed by atoms with Gasteiger partial charge in [0.1, 0.15) is 12.3 Å². The molecule has 1 aromatic heterocycles. The van der Waals surface area contributed by atoms with Gasteiger partial charge in [0.15, 0.2) is 0 Å². The molecule has 1 atom stereocenters. The van der Waals surface area contributed by atoms with E-state index in [9.17, 15) is 14.4 Å². The van der Waals surface area contributed by atoms with Gasteiger partial charge in [-0.05, 0) is 36.4 Å². The summed E-state index contributed by atoms with van der Waals surface area (Å²) in [6.07, 6.45) is 1.53. The zero-order valence-electron chi connectivity index (χ0n) is 16.8. The number of anilines is 2. The molecule has 1 saturated heterocycles. The van der Waals surface area contributed by atoms with Gasteiger partial charge in [0, 0.05) is 16.3 Å². The number of fused-ring (bicyclic) bond motifs is 2. The first-order chi connectivity index (χ1) is 15.5. The van der Waals surface area contributed by atoms with E-state index in [0.717, 1.165) is 0 Å². The minimum absolute atomic E-state index is 0.144. The largest absolute Gasteiger partial charge is 0.467 e. The van der Waals surface area contributed by atoms with Crippen LogP contribution < -0.4 is 15.1 Å². The highest BCUT2D eigenvalue weighted by atomic mass is 35.5. The van der Waals surface area contributed by atoms with Crippen LogP contribution in [-0.4, -0.2) is 30.0 Å². The monoisotopic (exact) mass is 467 g/mol. The van der Waals surface area contributed by atoms with Crippen LogP contribution in [0.2, 0.25) is 5.02 Å². The van der Waals surface area contributed by atoms with Crippen LogP contribution in [0.3, 0.4) is 0 Å². The lowest BCUT2D eigenvalue weighted by Gasteiger charge is -2.33. The highest BCUT2D eigenvalue weighted by molar-refractivity contribution is 8.02. The third-order valence-corrected chi connectivity index (χ3v) is 7.09. The summed E-state index contributed by atoms with van der Waals surface area (Å²) in [5.74, 6) is -0.0880. The number of thioether (sulfide) groups is 1. The van der Waals surface area contributed by atoms with Crippen LogP contribution in [0.4, 0.5) is 11.4 Å². The molecule has 2 aliphatic heterocycles. The number of carbonyl (C=O) groups is 3. The molecule has 2 aromatic carbocycles. The molecule has 7 nitrogen and oxygen atoms in total. The third-order valence-electron chi connectivity index (χ3n) is 5.47. The van der Waals surface area contributed by atoms with Crippen molar-refractivity contribution < 1.29 is 18.8 Å². The molecule has 1 N–H and O–H groups in total. The maximum Gasteiger partial charge on any atom is 0.269 e. The molecule has 0 unspecified atom stereocenters. The molecule has 3 amide bonds. The molecule has 162 valence electrons. The van der Waals surface area contributed by atoms with E-state index in [1.165, 1.54) is 27.8 Å². The highest BCUT2D eigenvalue weighted by Crippen LogP contribution is 2.55. The number of rotatable bonds is 5. The fraction of sp³-hybridized carbons (Fsp3) is 0.174. The number of carbonyl (C=O) groups excluding carboxylic acids is 3. The minimum atomic E-state index is -1.28. The second-order valence-corrected chi connectivity index (χ2v) is 9.01. The molecule has 5 rings (SSSR count). The van der Waals surface area contributed by atoms with E-state index in [0.29, 0.717) is 27.7 Å². The van der Waals surface area contributed by atoms with Gasteiger partial charge >= 0.3 is 0 Å². The quantitative estimate of drug-likeness (QED) is 0.620. The van der Waals surface area contributed by atoms with E-state index in [-0.39, 0.29) is 36.6 Å². The van der Waals surface area contributed by atoms with Gasteiger partial charge in [-0.3, -0.25) is 24.2 Å². The maximum atomic E-state index is 13.8. The Labute approximate surface area is 193 Å². The summed E-state index contributed by atoms with van der Waals surface area (Å²) in [4.78, 5) is 41.1. The first kappa shape index (κ1) is 20.7. The number of para-hydroxylation sites is 1. The zero-order valence-corrected chi connectivity index (χ0v) is 18.4. The SMILES string of the molecule is O=C(CN1C(=O)[C@]2(SCC(=O)N2c2cccc(Cl)c2)c2ccccc21)NCc1ccco1. The molecule has 0 aliphatic carbocycles. The van der Waals surface area contributed by atoms with Crippen molar-refractivity contribution >= 4 is 52.5 Å². The molecule has 3 aromatic rings. The second kappa shape index (κ2) is 8.03. The van der Waals surface area contributed by atoms with Crippen LogP contribution in [0.5, 0.6) is 0 Å². The first-order valence-electron chi connectivity index (χ1n) is 9.94. The molecule has 9 heteroatoms. The predicted octanol–water partition coefficient (Wildman–Crippen LogP) is 3.53. The van der Waals surface area contributed by atoms with Crippen molar-refractivity contribution in [3.05, 3.63) is 83.3 Å². The summed E-state index contributed by atoms with van der Waals surface area (Å²) in [6, 6.07) is 17.6. The topological polar surface area (TPSA) is 82.9 Å². The van der Waals surface area contributed by atoms with Crippen LogP contribution >= 0.6 is 23.4 Å².